The summed E-state index contributed by atoms with van der Waals surface area (Å²) in [7, 11) is 1.67. The molecule has 54 valence electrons. The summed E-state index contributed by atoms with van der Waals surface area (Å²) in [6.45, 7) is 0. The minimum absolute atomic E-state index is 0.177. The van der Waals surface area contributed by atoms with Crippen LogP contribution in [0, 0.1) is 11.3 Å². The zero-order chi connectivity index (χ0) is 7.19. The van der Waals surface area contributed by atoms with Crippen molar-refractivity contribution in [3.8, 4) is 6.07 Å². The first-order valence-electron chi connectivity index (χ1n) is 3.44. The molecule has 1 aliphatic heterocycles. The Balaban J connectivity index is 2.03. The number of hydrogen-bond acceptors (Lipinski definition) is 3. The van der Waals surface area contributed by atoms with Crippen LogP contribution in [0.5, 0.6) is 0 Å². The fourth-order valence-electron chi connectivity index (χ4n) is 1.62. The summed E-state index contributed by atoms with van der Waals surface area (Å²) in [6, 6.07) is 2.09. The fourth-order valence-corrected chi connectivity index (χ4v) is 1.62. The van der Waals surface area contributed by atoms with Crippen LogP contribution in [-0.4, -0.2) is 24.9 Å². The average Bonchev–Trinajstić information content (AvgIpc) is 2.62. The van der Waals surface area contributed by atoms with Gasteiger partial charge >= 0.3 is 0 Å². The summed E-state index contributed by atoms with van der Waals surface area (Å²) >= 11 is 0. The van der Waals surface area contributed by atoms with Crippen LogP contribution in [0.4, 0.5) is 0 Å². The summed E-state index contributed by atoms with van der Waals surface area (Å²) in [5.74, 6) is 0. The van der Waals surface area contributed by atoms with Crippen LogP contribution in [0.3, 0.4) is 0 Å². The topological polar surface area (TPSA) is 45.5 Å². The third-order valence-corrected chi connectivity index (χ3v) is 2.47. The molecule has 0 bridgehead atoms. The second-order valence-electron chi connectivity index (χ2n) is 2.84. The summed E-state index contributed by atoms with van der Waals surface area (Å²) in [5.41, 5.74) is -0.177. The number of epoxide rings is 1. The lowest BCUT2D eigenvalue weighted by Gasteiger charge is -2.32. The molecule has 1 heterocycles. The Labute approximate surface area is 59.5 Å². The van der Waals surface area contributed by atoms with Crippen molar-refractivity contribution in [3.63, 3.8) is 0 Å². The molecular formula is C7H9NO2. The van der Waals surface area contributed by atoms with Gasteiger partial charge in [0.1, 0.15) is 5.60 Å². The maximum atomic E-state index is 8.49. The summed E-state index contributed by atoms with van der Waals surface area (Å²) in [5, 5.41) is 8.49. The highest BCUT2D eigenvalue weighted by Crippen LogP contribution is 2.53. The quantitative estimate of drug-likeness (QED) is 0.495. The Morgan fingerprint density at radius 2 is 2.60 bits per heavy atom. The molecule has 1 aliphatic carbocycles. The third kappa shape index (κ3) is 0.511. The van der Waals surface area contributed by atoms with Gasteiger partial charge in [-0.3, -0.25) is 0 Å². The van der Waals surface area contributed by atoms with Crippen LogP contribution in [0.15, 0.2) is 0 Å². The Morgan fingerprint density at radius 1 is 1.80 bits per heavy atom. The van der Waals surface area contributed by atoms with Crippen molar-refractivity contribution in [3.05, 3.63) is 0 Å². The first kappa shape index (κ1) is 6.14. The molecule has 1 saturated carbocycles. The Hall–Kier alpha value is -0.590. The van der Waals surface area contributed by atoms with Gasteiger partial charge in [0.15, 0.2) is 6.10 Å². The van der Waals surface area contributed by atoms with Crippen molar-refractivity contribution < 1.29 is 9.47 Å². The molecule has 0 aromatic carbocycles. The van der Waals surface area contributed by atoms with Crippen molar-refractivity contribution in [2.75, 3.05) is 7.11 Å². The van der Waals surface area contributed by atoms with Gasteiger partial charge in [-0.1, -0.05) is 0 Å². The SMILES string of the molecule is COC1CCC12OC2C#N. The van der Waals surface area contributed by atoms with Gasteiger partial charge in [0.2, 0.25) is 0 Å². The van der Waals surface area contributed by atoms with E-state index in [2.05, 4.69) is 6.07 Å². The maximum Gasteiger partial charge on any atom is 0.176 e. The van der Waals surface area contributed by atoms with E-state index in [0.717, 1.165) is 12.8 Å². The van der Waals surface area contributed by atoms with Gasteiger partial charge in [0, 0.05) is 7.11 Å². The van der Waals surface area contributed by atoms with Gasteiger partial charge in [-0.15, -0.1) is 0 Å². The molecule has 3 unspecified atom stereocenters. The summed E-state index contributed by atoms with van der Waals surface area (Å²) in [6.07, 6.45) is 2.02. The molecular weight excluding hydrogens is 130 g/mol. The monoisotopic (exact) mass is 139 g/mol. The molecule has 2 fully saturated rings. The lowest BCUT2D eigenvalue weighted by atomic mass is 9.79. The van der Waals surface area contributed by atoms with Crippen molar-refractivity contribution in [2.24, 2.45) is 0 Å². The first-order valence-corrected chi connectivity index (χ1v) is 3.44. The van der Waals surface area contributed by atoms with E-state index in [4.69, 9.17) is 14.7 Å². The number of rotatable bonds is 1. The van der Waals surface area contributed by atoms with E-state index < -0.39 is 0 Å². The van der Waals surface area contributed by atoms with Crippen molar-refractivity contribution in [1.29, 1.82) is 5.26 Å². The average molecular weight is 139 g/mol. The lowest BCUT2D eigenvalue weighted by molar-refractivity contribution is -0.0371. The second-order valence-corrected chi connectivity index (χ2v) is 2.84. The van der Waals surface area contributed by atoms with E-state index in [1.807, 2.05) is 0 Å². The maximum absolute atomic E-state index is 8.49. The van der Waals surface area contributed by atoms with Gasteiger partial charge in [0.05, 0.1) is 12.2 Å². The van der Waals surface area contributed by atoms with E-state index in [9.17, 15) is 0 Å². The Kier molecular flexibility index (Phi) is 1.05. The highest BCUT2D eigenvalue weighted by atomic mass is 16.6. The fraction of sp³-hybridized carbons (Fsp3) is 0.857. The molecule has 0 aromatic rings. The molecule has 3 heteroatoms. The molecule has 0 N–H and O–H groups in total. The minimum atomic E-state index is -0.189. The van der Waals surface area contributed by atoms with E-state index in [0.29, 0.717) is 0 Å². The number of methoxy groups -OCH3 is 1. The molecule has 2 aliphatic rings. The lowest BCUT2D eigenvalue weighted by Crippen LogP contribution is -2.43. The molecule has 0 aromatic heterocycles. The number of hydrogen-bond donors (Lipinski definition) is 0. The number of ether oxygens (including phenoxy) is 2. The standard InChI is InChI=1S/C7H9NO2/c1-9-5-2-3-7(5)6(4-8)10-7/h5-6H,2-3H2,1H3. The zero-order valence-corrected chi connectivity index (χ0v) is 5.83. The van der Waals surface area contributed by atoms with Gasteiger partial charge < -0.3 is 9.47 Å². The highest BCUT2D eigenvalue weighted by molar-refractivity contribution is 5.22. The Morgan fingerprint density at radius 3 is 2.90 bits per heavy atom. The molecule has 3 nitrogen and oxygen atoms in total. The van der Waals surface area contributed by atoms with Crippen LogP contribution in [0.1, 0.15) is 12.8 Å². The molecule has 0 radical (unpaired) electrons. The predicted octanol–water partition coefficient (Wildman–Crippen LogP) is 0.456. The molecule has 0 amide bonds. The molecule has 2 rings (SSSR count). The van der Waals surface area contributed by atoms with E-state index in [1.165, 1.54) is 0 Å². The van der Waals surface area contributed by atoms with Gasteiger partial charge in [-0.05, 0) is 12.8 Å². The van der Waals surface area contributed by atoms with Crippen LogP contribution < -0.4 is 0 Å². The van der Waals surface area contributed by atoms with Gasteiger partial charge in [-0.2, -0.15) is 5.26 Å². The normalized spacial score (nSPS) is 50.0. The largest absolute Gasteiger partial charge is 0.378 e. The van der Waals surface area contributed by atoms with E-state index >= 15 is 0 Å². The van der Waals surface area contributed by atoms with E-state index in [1.54, 1.807) is 7.11 Å². The minimum Gasteiger partial charge on any atom is -0.378 e. The van der Waals surface area contributed by atoms with Crippen LogP contribution in [0.2, 0.25) is 0 Å². The number of nitrogens with zero attached hydrogens (tertiary/aromatic N) is 1. The predicted molar refractivity (Wildman–Crippen MR) is 33.2 cm³/mol. The van der Waals surface area contributed by atoms with Crippen LogP contribution >= 0.6 is 0 Å². The highest BCUT2D eigenvalue weighted by Gasteiger charge is 2.67. The second kappa shape index (κ2) is 1.71. The Bertz CT molecular complexity index is 196. The van der Waals surface area contributed by atoms with E-state index in [-0.39, 0.29) is 17.8 Å². The van der Waals surface area contributed by atoms with Crippen LogP contribution in [-0.2, 0) is 9.47 Å². The molecule has 10 heavy (non-hydrogen) atoms. The van der Waals surface area contributed by atoms with Gasteiger partial charge in [-0.25, -0.2) is 0 Å². The van der Waals surface area contributed by atoms with Crippen LogP contribution in [0.25, 0.3) is 0 Å². The molecule has 3 atom stereocenters. The van der Waals surface area contributed by atoms with Crippen molar-refractivity contribution in [2.45, 2.75) is 30.7 Å². The zero-order valence-electron chi connectivity index (χ0n) is 5.83. The first-order chi connectivity index (χ1) is 4.83. The summed E-state index contributed by atoms with van der Waals surface area (Å²) in [4.78, 5) is 0. The number of nitriles is 1. The summed E-state index contributed by atoms with van der Waals surface area (Å²) < 4.78 is 10.3. The van der Waals surface area contributed by atoms with Crippen molar-refractivity contribution >= 4 is 0 Å². The third-order valence-electron chi connectivity index (χ3n) is 2.47. The molecule has 1 saturated heterocycles. The van der Waals surface area contributed by atoms with Gasteiger partial charge in [0.25, 0.3) is 0 Å². The smallest absolute Gasteiger partial charge is 0.176 e. The van der Waals surface area contributed by atoms with Crippen molar-refractivity contribution in [1.82, 2.24) is 0 Å². The molecule has 1 spiro atoms.